The first kappa shape index (κ1) is 25.0. The number of methoxy groups -OCH3 is 1. The molecule has 1 aromatic heterocycles. The lowest BCUT2D eigenvalue weighted by Gasteiger charge is -2.27. The Morgan fingerprint density at radius 1 is 0.972 bits per heavy atom. The lowest BCUT2D eigenvalue weighted by molar-refractivity contribution is -0.121. The Morgan fingerprint density at radius 3 is 2.36 bits per heavy atom. The maximum atomic E-state index is 13.5. The van der Waals surface area contributed by atoms with E-state index in [4.69, 9.17) is 9.72 Å². The van der Waals surface area contributed by atoms with Crippen LogP contribution in [0.2, 0.25) is 0 Å². The first-order valence-corrected chi connectivity index (χ1v) is 12.2. The molecule has 4 rings (SSSR count). The third-order valence-electron chi connectivity index (χ3n) is 6.04. The zero-order valence-electron chi connectivity index (χ0n) is 21.0. The summed E-state index contributed by atoms with van der Waals surface area (Å²) in [7, 11) is 1.62. The van der Waals surface area contributed by atoms with Gasteiger partial charge in [0.25, 0.3) is 0 Å². The van der Waals surface area contributed by atoms with Gasteiger partial charge in [-0.15, -0.1) is 0 Å². The number of aromatic nitrogens is 2. The van der Waals surface area contributed by atoms with E-state index in [0.29, 0.717) is 19.4 Å². The number of para-hydroxylation sites is 3. The molecule has 4 aromatic rings. The minimum absolute atomic E-state index is 0.00961. The highest BCUT2D eigenvalue weighted by Crippen LogP contribution is 2.21. The number of rotatable bonds is 10. The molecule has 0 bridgehead atoms. The molecule has 0 aliphatic carbocycles. The Hall–Kier alpha value is -4.13. The number of fused-ring (bicyclic) bond motifs is 1. The van der Waals surface area contributed by atoms with Crippen molar-refractivity contribution in [2.24, 2.45) is 0 Å². The highest BCUT2D eigenvalue weighted by atomic mass is 16.5. The largest absolute Gasteiger partial charge is 0.497 e. The topological polar surface area (TPSA) is 76.5 Å². The van der Waals surface area contributed by atoms with Gasteiger partial charge in [0.1, 0.15) is 18.1 Å². The van der Waals surface area contributed by atoms with Gasteiger partial charge in [0, 0.05) is 24.7 Å². The van der Waals surface area contributed by atoms with Crippen molar-refractivity contribution >= 4 is 28.5 Å². The van der Waals surface area contributed by atoms with E-state index >= 15 is 0 Å². The van der Waals surface area contributed by atoms with Crippen molar-refractivity contribution in [3.8, 4) is 5.75 Å². The van der Waals surface area contributed by atoms with E-state index in [2.05, 4.69) is 5.32 Å². The number of anilines is 1. The van der Waals surface area contributed by atoms with Crippen LogP contribution in [0.1, 0.15) is 25.2 Å². The first-order valence-electron chi connectivity index (χ1n) is 12.2. The van der Waals surface area contributed by atoms with E-state index in [1.807, 2.05) is 102 Å². The zero-order chi connectivity index (χ0) is 25.5. The van der Waals surface area contributed by atoms with E-state index < -0.39 is 0 Å². The second-order valence-electron chi connectivity index (χ2n) is 8.92. The van der Waals surface area contributed by atoms with E-state index in [1.165, 1.54) is 0 Å². The molecule has 0 saturated carbocycles. The normalized spacial score (nSPS) is 11.0. The number of carbonyl (C=O) groups is 2. The van der Waals surface area contributed by atoms with Crippen LogP contribution in [0.25, 0.3) is 11.0 Å². The Bertz CT molecular complexity index is 1310. The van der Waals surface area contributed by atoms with Gasteiger partial charge in [0.05, 0.1) is 24.6 Å². The van der Waals surface area contributed by atoms with E-state index in [0.717, 1.165) is 33.9 Å². The van der Waals surface area contributed by atoms with Crippen LogP contribution >= 0.6 is 0 Å². The van der Waals surface area contributed by atoms with E-state index in [-0.39, 0.29) is 24.4 Å². The molecule has 0 fully saturated rings. The van der Waals surface area contributed by atoms with Crippen molar-refractivity contribution in [2.45, 2.75) is 39.3 Å². The summed E-state index contributed by atoms with van der Waals surface area (Å²) in [5.74, 6) is 1.46. The summed E-state index contributed by atoms with van der Waals surface area (Å²) in [6.07, 6.45) is 0.808. The number of amides is 2. The predicted octanol–water partition coefficient (Wildman–Crippen LogP) is 4.39. The highest BCUT2D eigenvalue weighted by Gasteiger charge is 2.22. The minimum Gasteiger partial charge on any atom is -0.497 e. The summed E-state index contributed by atoms with van der Waals surface area (Å²) >= 11 is 0. The van der Waals surface area contributed by atoms with Crippen molar-refractivity contribution in [1.82, 2.24) is 14.9 Å². The van der Waals surface area contributed by atoms with Crippen LogP contribution in [0.3, 0.4) is 0 Å². The minimum atomic E-state index is -0.0611. The molecule has 7 heteroatoms. The number of benzene rings is 3. The predicted molar refractivity (Wildman–Crippen MR) is 142 cm³/mol. The van der Waals surface area contributed by atoms with Crippen molar-refractivity contribution < 1.29 is 14.3 Å². The van der Waals surface area contributed by atoms with Crippen LogP contribution < -0.4 is 15.0 Å². The first-order chi connectivity index (χ1) is 17.5. The van der Waals surface area contributed by atoms with Gasteiger partial charge in [0.2, 0.25) is 11.8 Å². The number of hydrogen-bond donors (Lipinski definition) is 1. The standard InChI is InChI=1S/C29H32N4O3/c1-21(2)33(23-9-5-4-6-10-23)29(35)20-32-26-12-8-7-11-25(26)31-27(32)17-18-30-28(34)19-22-13-15-24(36-3)16-14-22/h4-16,21H,17-20H2,1-3H3,(H,30,34). The fraction of sp³-hybridized carbons (Fsp3) is 0.276. The van der Waals surface area contributed by atoms with Gasteiger partial charge in [-0.25, -0.2) is 4.98 Å². The average molecular weight is 485 g/mol. The fourth-order valence-electron chi connectivity index (χ4n) is 4.33. The van der Waals surface area contributed by atoms with Crippen molar-refractivity contribution in [3.05, 3.63) is 90.3 Å². The van der Waals surface area contributed by atoms with Crippen LogP contribution in [-0.2, 0) is 29.0 Å². The van der Waals surface area contributed by atoms with Gasteiger partial charge >= 0.3 is 0 Å². The molecular weight excluding hydrogens is 452 g/mol. The average Bonchev–Trinajstić information content (AvgIpc) is 3.22. The molecule has 0 radical (unpaired) electrons. The van der Waals surface area contributed by atoms with Crippen LogP contribution in [-0.4, -0.2) is 41.1 Å². The second-order valence-corrected chi connectivity index (χ2v) is 8.92. The van der Waals surface area contributed by atoms with E-state index in [1.54, 1.807) is 7.11 Å². The number of nitrogens with zero attached hydrogens (tertiary/aromatic N) is 3. The fourth-order valence-corrected chi connectivity index (χ4v) is 4.33. The number of ether oxygens (including phenoxy) is 1. The highest BCUT2D eigenvalue weighted by molar-refractivity contribution is 5.94. The Labute approximate surface area is 211 Å². The zero-order valence-corrected chi connectivity index (χ0v) is 21.0. The quantitative estimate of drug-likeness (QED) is 0.362. The summed E-state index contributed by atoms with van der Waals surface area (Å²) in [6.45, 7) is 4.62. The number of nitrogens with one attached hydrogen (secondary N) is 1. The lowest BCUT2D eigenvalue weighted by atomic mass is 10.1. The van der Waals surface area contributed by atoms with Crippen LogP contribution in [0, 0.1) is 0 Å². The summed E-state index contributed by atoms with van der Waals surface area (Å²) in [4.78, 5) is 32.5. The van der Waals surface area contributed by atoms with Crippen LogP contribution in [0.15, 0.2) is 78.9 Å². The summed E-state index contributed by atoms with van der Waals surface area (Å²) in [6, 6.07) is 25.0. The summed E-state index contributed by atoms with van der Waals surface area (Å²) in [5.41, 5.74) is 3.53. The molecule has 0 aliphatic rings. The second kappa shape index (κ2) is 11.5. The molecule has 0 saturated heterocycles. The Morgan fingerprint density at radius 2 is 1.67 bits per heavy atom. The summed E-state index contributed by atoms with van der Waals surface area (Å²) < 4.78 is 7.13. The molecule has 0 spiro atoms. The third-order valence-corrected chi connectivity index (χ3v) is 6.04. The molecule has 2 amide bonds. The monoisotopic (exact) mass is 484 g/mol. The van der Waals surface area contributed by atoms with Gasteiger partial charge in [-0.05, 0) is 55.8 Å². The van der Waals surface area contributed by atoms with Crippen LogP contribution in [0.5, 0.6) is 5.75 Å². The van der Waals surface area contributed by atoms with Crippen molar-refractivity contribution in [2.75, 3.05) is 18.6 Å². The molecule has 186 valence electrons. The Kier molecular flexibility index (Phi) is 8.00. The lowest BCUT2D eigenvalue weighted by Crippen LogP contribution is -2.39. The molecule has 7 nitrogen and oxygen atoms in total. The summed E-state index contributed by atoms with van der Waals surface area (Å²) in [5, 5.41) is 2.98. The van der Waals surface area contributed by atoms with Gasteiger partial charge in [0.15, 0.2) is 0 Å². The number of hydrogen-bond acceptors (Lipinski definition) is 4. The SMILES string of the molecule is COc1ccc(CC(=O)NCCc2nc3ccccc3n2CC(=O)N(c2ccccc2)C(C)C)cc1. The van der Waals surface area contributed by atoms with Gasteiger partial charge < -0.3 is 19.5 Å². The van der Waals surface area contributed by atoms with Crippen LogP contribution in [0.4, 0.5) is 5.69 Å². The molecule has 3 aromatic carbocycles. The maximum Gasteiger partial charge on any atom is 0.247 e. The third kappa shape index (κ3) is 5.92. The Balaban J connectivity index is 1.46. The van der Waals surface area contributed by atoms with Gasteiger partial charge in [-0.3, -0.25) is 9.59 Å². The van der Waals surface area contributed by atoms with Gasteiger partial charge in [-0.2, -0.15) is 0 Å². The molecule has 0 unspecified atom stereocenters. The maximum absolute atomic E-state index is 13.5. The molecule has 1 heterocycles. The number of imidazole rings is 1. The smallest absolute Gasteiger partial charge is 0.247 e. The van der Waals surface area contributed by atoms with E-state index in [9.17, 15) is 9.59 Å². The van der Waals surface area contributed by atoms with Gasteiger partial charge in [-0.1, -0.05) is 42.5 Å². The van der Waals surface area contributed by atoms with Crippen molar-refractivity contribution in [3.63, 3.8) is 0 Å². The molecule has 0 atom stereocenters. The molecule has 36 heavy (non-hydrogen) atoms. The number of carbonyl (C=O) groups excluding carboxylic acids is 2. The van der Waals surface area contributed by atoms with Crippen molar-refractivity contribution in [1.29, 1.82) is 0 Å². The molecule has 1 N–H and O–H groups in total. The molecular formula is C29H32N4O3. The molecule has 0 aliphatic heterocycles.